The van der Waals surface area contributed by atoms with Crippen LogP contribution in [0.5, 0.6) is 0 Å². The van der Waals surface area contributed by atoms with Gasteiger partial charge in [0, 0.05) is 6.42 Å². The molecule has 0 aliphatic heterocycles. The summed E-state index contributed by atoms with van der Waals surface area (Å²) in [6.07, 6.45) is 3.06. The first-order valence-corrected chi connectivity index (χ1v) is 4.39. The quantitative estimate of drug-likeness (QED) is 0.607. The van der Waals surface area contributed by atoms with Crippen molar-refractivity contribution in [3.63, 3.8) is 0 Å². The molecule has 64 valence electrons. The predicted octanol–water partition coefficient (Wildman–Crippen LogP) is 3.36. The Morgan fingerprint density at radius 1 is 1.45 bits per heavy atom. The molecule has 11 heavy (non-hydrogen) atoms. The summed E-state index contributed by atoms with van der Waals surface area (Å²) in [5, 5.41) is 8.46. The van der Waals surface area contributed by atoms with Gasteiger partial charge in [0.25, 0.3) is 0 Å². The molecule has 0 saturated heterocycles. The van der Waals surface area contributed by atoms with Gasteiger partial charge >= 0.3 is 0 Å². The summed E-state index contributed by atoms with van der Waals surface area (Å²) < 4.78 is 0. The maximum atomic E-state index is 8.46. The van der Waals surface area contributed by atoms with E-state index in [1.165, 1.54) is 6.42 Å². The molecule has 0 radical (unpaired) electrons. The van der Waals surface area contributed by atoms with E-state index in [9.17, 15) is 0 Å². The predicted molar refractivity (Wildman–Crippen MR) is 48.1 cm³/mol. The minimum Gasteiger partial charge on any atom is -0.198 e. The molecule has 0 spiro atoms. The van der Waals surface area contributed by atoms with Crippen molar-refractivity contribution in [2.75, 3.05) is 0 Å². The van der Waals surface area contributed by atoms with E-state index in [0.717, 1.165) is 6.42 Å². The normalized spacial score (nSPS) is 14.1. The zero-order chi connectivity index (χ0) is 8.91. The Bertz CT molecular complexity index is 141. The van der Waals surface area contributed by atoms with E-state index in [4.69, 9.17) is 5.26 Å². The van der Waals surface area contributed by atoms with E-state index in [-0.39, 0.29) is 0 Å². The highest BCUT2D eigenvalue weighted by atomic mass is 14.3. The highest BCUT2D eigenvalue weighted by Gasteiger charge is 2.18. The van der Waals surface area contributed by atoms with Crippen molar-refractivity contribution in [3.8, 4) is 6.07 Å². The lowest BCUT2D eigenvalue weighted by Crippen LogP contribution is -2.13. The van der Waals surface area contributed by atoms with Crippen molar-refractivity contribution in [2.45, 2.75) is 47.0 Å². The Labute approximate surface area is 70.4 Å². The van der Waals surface area contributed by atoms with Crippen molar-refractivity contribution < 1.29 is 0 Å². The van der Waals surface area contributed by atoms with Crippen LogP contribution in [0.15, 0.2) is 0 Å². The summed E-state index contributed by atoms with van der Waals surface area (Å²) >= 11 is 0. The van der Waals surface area contributed by atoms with Gasteiger partial charge in [-0.05, 0) is 17.8 Å². The Balaban J connectivity index is 3.75. The lowest BCUT2D eigenvalue weighted by atomic mass is 9.80. The third-order valence-corrected chi connectivity index (χ3v) is 2.30. The molecule has 1 unspecified atom stereocenters. The lowest BCUT2D eigenvalue weighted by Gasteiger charge is -2.25. The van der Waals surface area contributed by atoms with Crippen LogP contribution in [0.3, 0.4) is 0 Å². The topological polar surface area (TPSA) is 23.8 Å². The molecule has 0 aromatic carbocycles. The van der Waals surface area contributed by atoms with Gasteiger partial charge in [0.05, 0.1) is 6.07 Å². The van der Waals surface area contributed by atoms with Crippen LogP contribution in [0.2, 0.25) is 0 Å². The second-order valence-electron chi connectivity index (χ2n) is 4.19. The van der Waals surface area contributed by atoms with E-state index in [0.29, 0.717) is 17.8 Å². The number of hydrogen-bond acceptors (Lipinski definition) is 1. The van der Waals surface area contributed by atoms with E-state index in [2.05, 4.69) is 33.8 Å². The fourth-order valence-electron chi connectivity index (χ4n) is 1.32. The van der Waals surface area contributed by atoms with Gasteiger partial charge in [0.15, 0.2) is 0 Å². The molecule has 0 amide bonds. The smallest absolute Gasteiger partial charge is 0.0624 e. The SMILES string of the molecule is CCC(C)(C)CC(C)CC#N. The molecule has 0 N–H and O–H groups in total. The van der Waals surface area contributed by atoms with Crippen molar-refractivity contribution in [3.05, 3.63) is 0 Å². The largest absolute Gasteiger partial charge is 0.198 e. The Morgan fingerprint density at radius 3 is 2.36 bits per heavy atom. The zero-order valence-electron chi connectivity index (χ0n) is 8.15. The standard InChI is InChI=1S/C10H19N/c1-5-10(3,4)8-9(2)6-7-11/h9H,5-6,8H2,1-4H3. The van der Waals surface area contributed by atoms with Gasteiger partial charge in [-0.15, -0.1) is 0 Å². The Hall–Kier alpha value is -0.510. The molecule has 0 aromatic rings. The highest BCUT2D eigenvalue weighted by Crippen LogP contribution is 2.29. The van der Waals surface area contributed by atoms with Gasteiger partial charge < -0.3 is 0 Å². The van der Waals surface area contributed by atoms with Gasteiger partial charge in [-0.3, -0.25) is 0 Å². The van der Waals surface area contributed by atoms with Crippen LogP contribution in [0.4, 0.5) is 0 Å². The molecule has 0 aromatic heterocycles. The molecular weight excluding hydrogens is 134 g/mol. The van der Waals surface area contributed by atoms with Crippen molar-refractivity contribution >= 4 is 0 Å². The Kier molecular flexibility index (Phi) is 4.18. The number of nitriles is 1. The molecule has 0 bridgehead atoms. The fourth-order valence-corrected chi connectivity index (χ4v) is 1.32. The first-order valence-electron chi connectivity index (χ1n) is 4.39. The molecule has 0 heterocycles. The summed E-state index contributed by atoms with van der Waals surface area (Å²) in [6, 6.07) is 2.21. The molecule has 0 aliphatic carbocycles. The number of nitrogens with zero attached hydrogens (tertiary/aromatic N) is 1. The van der Waals surface area contributed by atoms with Crippen LogP contribution in [0.25, 0.3) is 0 Å². The van der Waals surface area contributed by atoms with Gasteiger partial charge in [-0.2, -0.15) is 5.26 Å². The second-order valence-corrected chi connectivity index (χ2v) is 4.19. The first kappa shape index (κ1) is 10.5. The van der Waals surface area contributed by atoms with Crippen LogP contribution in [0, 0.1) is 22.7 Å². The maximum absolute atomic E-state index is 8.46. The molecule has 1 nitrogen and oxygen atoms in total. The van der Waals surface area contributed by atoms with E-state index in [1.807, 2.05) is 0 Å². The highest BCUT2D eigenvalue weighted by molar-refractivity contribution is 4.77. The minimum atomic E-state index is 0.413. The second kappa shape index (κ2) is 4.38. The summed E-state index contributed by atoms with van der Waals surface area (Å²) in [7, 11) is 0. The molecule has 0 rings (SSSR count). The van der Waals surface area contributed by atoms with Crippen molar-refractivity contribution in [1.29, 1.82) is 5.26 Å². The van der Waals surface area contributed by atoms with Crippen molar-refractivity contribution in [1.82, 2.24) is 0 Å². The van der Waals surface area contributed by atoms with Crippen molar-refractivity contribution in [2.24, 2.45) is 11.3 Å². The van der Waals surface area contributed by atoms with Gasteiger partial charge in [-0.1, -0.05) is 34.1 Å². The fraction of sp³-hybridized carbons (Fsp3) is 0.900. The average Bonchev–Trinajstić information content (AvgIpc) is 1.87. The first-order chi connectivity index (χ1) is 5.02. The summed E-state index contributed by atoms with van der Waals surface area (Å²) in [5.41, 5.74) is 0.413. The molecule has 1 heteroatoms. The van der Waals surface area contributed by atoms with Crippen LogP contribution in [-0.4, -0.2) is 0 Å². The zero-order valence-corrected chi connectivity index (χ0v) is 8.15. The van der Waals surface area contributed by atoms with Crippen LogP contribution < -0.4 is 0 Å². The third-order valence-electron chi connectivity index (χ3n) is 2.30. The van der Waals surface area contributed by atoms with Crippen LogP contribution in [-0.2, 0) is 0 Å². The van der Waals surface area contributed by atoms with Gasteiger partial charge in [0.1, 0.15) is 0 Å². The van der Waals surface area contributed by atoms with E-state index >= 15 is 0 Å². The summed E-state index contributed by atoms with van der Waals surface area (Å²) in [6.45, 7) is 8.89. The van der Waals surface area contributed by atoms with E-state index in [1.54, 1.807) is 0 Å². The lowest BCUT2D eigenvalue weighted by molar-refractivity contribution is 0.269. The summed E-state index contributed by atoms with van der Waals surface area (Å²) in [5.74, 6) is 0.551. The van der Waals surface area contributed by atoms with Crippen LogP contribution >= 0.6 is 0 Å². The van der Waals surface area contributed by atoms with Gasteiger partial charge in [0.2, 0.25) is 0 Å². The third kappa shape index (κ3) is 4.84. The molecule has 1 atom stereocenters. The maximum Gasteiger partial charge on any atom is 0.0624 e. The Morgan fingerprint density at radius 2 is 2.00 bits per heavy atom. The van der Waals surface area contributed by atoms with E-state index < -0.39 is 0 Å². The minimum absolute atomic E-state index is 0.413. The number of rotatable bonds is 4. The van der Waals surface area contributed by atoms with Gasteiger partial charge in [-0.25, -0.2) is 0 Å². The molecule has 0 aliphatic rings. The van der Waals surface area contributed by atoms with Crippen LogP contribution in [0.1, 0.15) is 47.0 Å². The molecule has 0 fully saturated rings. The monoisotopic (exact) mass is 153 g/mol. The molecular formula is C10H19N. The number of hydrogen-bond donors (Lipinski definition) is 0. The summed E-state index contributed by atoms with van der Waals surface area (Å²) in [4.78, 5) is 0. The average molecular weight is 153 g/mol. The molecule has 0 saturated carbocycles.